The van der Waals surface area contributed by atoms with Crippen LogP contribution in [0.3, 0.4) is 0 Å². The van der Waals surface area contributed by atoms with Crippen LogP contribution in [0.5, 0.6) is 0 Å². The van der Waals surface area contributed by atoms with Crippen molar-refractivity contribution < 1.29 is 19.1 Å². The summed E-state index contributed by atoms with van der Waals surface area (Å²) in [5.74, 6) is 0.286. The first kappa shape index (κ1) is 22.1. The zero-order chi connectivity index (χ0) is 20.4. The monoisotopic (exact) mass is 394 g/mol. The van der Waals surface area contributed by atoms with Crippen LogP contribution in [-0.2, 0) is 11.3 Å². The molecule has 0 aromatic heterocycles. The number of piperidine rings is 1. The smallest absolute Gasteiger partial charge is 0.317 e. The molecule has 3 rings (SSSR count). The number of amides is 2. The number of likely N-dealkylation sites (tertiary alicyclic amines) is 1. The van der Waals surface area contributed by atoms with Gasteiger partial charge in [0.15, 0.2) is 0 Å². The standard InChI is InChI=1S/C19H29FN4O.CH2O2/c1-22-8-10-23(11-9-22)14-17-5-3-7-24(15-17)19(25)21-13-16-4-2-6-18(20)12-16;2-1-3/h2,4,6,12,17H,3,5,7-11,13-15H2,1H3,(H,21,25);1H,(H,2,3). The zero-order valence-electron chi connectivity index (χ0n) is 16.5. The van der Waals surface area contributed by atoms with Crippen molar-refractivity contribution in [2.24, 2.45) is 5.92 Å². The van der Waals surface area contributed by atoms with Crippen molar-refractivity contribution in [2.75, 3.05) is 52.9 Å². The van der Waals surface area contributed by atoms with E-state index in [1.54, 1.807) is 6.07 Å². The summed E-state index contributed by atoms with van der Waals surface area (Å²) >= 11 is 0. The molecule has 1 unspecified atom stereocenters. The number of piperazine rings is 1. The zero-order valence-corrected chi connectivity index (χ0v) is 16.5. The van der Waals surface area contributed by atoms with Crippen molar-refractivity contribution in [2.45, 2.75) is 19.4 Å². The van der Waals surface area contributed by atoms with Crippen LogP contribution in [0.4, 0.5) is 9.18 Å². The molecule has 8 heteroatoms. The lowest BCUT2D eigenvalue weighted by Gasteiger charge is -2.38. The van der Waals surface area contributed by atoms with Gasteiger partial charge in [-0.2, -0.15) is 0 Å². The van der Waals surface area contributed by atoms with Crippen LogP contribution in [0, 0.1) is 11.7 Å². The molecule has 28 heavy (non-hydrogen) atoms. The number of nitrogens with one attached hydrogen (secondary N) is 1. The SMILES string of the molecule is CN1CCN(CC2CCCN(C(=O)NCc3cccc(F)c3)C2)CC1.O=CO. The fourth-order valence-electron chi connectivity index (χ4n) is 3.73. The van der Waals surface area contributed by atoms with Gasteiger partial charge in [0.2, 0.25) is 0 Å². The second-order valence-electron chi connectivity index (χ2n) is 7.45. The van der Waals surface area contributed by atoms with E-state index in [2.05, 4.69) is 22.2 Å². The normalized spacial score (nSPS) is 20.8. The molecule has 2 N–H and O–H groups in total. The van der Waals surface area contributed by atoms with Crippen LogP contribution in [0.1, 0.15) is 18.4 Å². The number of halogens is 1. The molecule has 2 heterocycles. The van der Waals surface area contributed by atoms with Crippen LogP contribution in [-0.4, -0.2) is 85.2 Å². The third kappa shape index (κ3) is 7.44. The Kier molecular flexibility index (Phi) is 9.16. The Morgan fingerprint density at radius 3 is 2.68 bits per heavy atom. The fraction of sp³-hybridized carbons (Fsp3) is 0.600. The highest BCUT2D eigenvalue weighted by atomic mass is 19.1. The van der Waals surface area contributed by atoms with Gasteiger partial charge < -0.3 is 25.1 Å². The van der Waals surface area contributed by atoms with Crippen molar-refractivity contribution >= 4 is 12.5 Å². The van der Waals surface area contributed by atoms with Gasteiger partial charge in [0.05, 0.1) is 0 Å². The second-order valence-corrected chi connectivity index (χ2v) is 7.45. The predicted octanol–water partition coefficient (Wildman–Crippen LogP) is 1.70. The molecule has 0 saturated carbocycles. The number of urea groups is 1. The van der Waals surface area contributed by atoms with Crippen molar-refractivity contribution in [1.82, 2.24) is 20.0 Å². The van der Waals surface area contributed by atoms with Crippen molar-refractivity contribution in [1.29, 1.82) is 0 Å². The summed E-state index contributed by atoms with van der Waals surface area (Å²) < 4.78 is 13.2. The summed E-state index contributed by atoms with van der Waals surface area (Å²) in [4.78, 5) is 27.6. The summed E-state index contributed by atoms with van der Waals surface area (Å²) in [6, 6.07) is 6.35. The van der Waals surface area contributed by atoms with Gasteiger partial charge in [-0.3, -0.25) is 4.79 Å². The molecule has 1 aromatic carbocycles. The first-order valence-electron chi connectivity index (χ1n) is 9.77. The predicted molar refractivity (Wildman–Crippen MR) is 106 cm³/mol. The van der Waals surface area contributed by atoms with Crippen LogP contribution >= 0.6 is 0 Å². The van der Waals surface area contributed by atoms with Gasteiger partial charge >= 0.3 is 6.03 Å². The Balaban J connectivity index is 0.000000878. The molecular formula is C20H31FN4O3. The minimum atomic E-state index is -0.267. The quantitative estimate of drug-likeness (QED) is 0.761. The molecule has 1 atom stereocenters. The Labute approximate surface area is 166 Å². The third-order valence-electron chi connectivity index (χ3n) is 5.25. The van der Waals surface area contributed by atoms with Gasteiger partial charge in [-0.1, -0.05) is 12.1 Å². The minimum Gasteiger partial charge on any atom is -0.483 e. The minimum absolute atomic E-state index is 0.0349. The Bertz CT molecular complexity index is 623. The maximum Gasteiger partial charge on any atom is 0.317 e. The van der Waals surface area contributed by atoms with E-state index in [1.807, 2.05) is 11.0 Å². The topological polar surface area (TPSA) is 76.1 Å². The first-order chi connectivity index (χ1) is 13.5. The Hall–Kier alpha value is -2.19. The molecular weight excluding hydrogens is 363 g/mol. The number of hydrogen-bond donors (Lipinski definition) is 2. The Morgan fingerprint density at radius 1 is 1.29 bits per heavy atom. The van der Waals surface area contributed by atoms with Crippen molar-refractivity contribution in [3.8, 4) is 0 Å². The number of rotatable bonds is 4. The first-order valence-corrected chi connectivity index (χ1v) is 9.77. The lowest BCUT2D eigenvalue weighted by molar-refractivity contribution is -0.122. The van der Waals surface area contributed by atoms with Crippen LogP contribution < -0.4 is 5.32 Å². The molecule has 2 saturated heterocycles. The summed E-state index contributed by atoms with van der Waals surface area (Å²) in [6.07, 6.45) is 2.26. The average molecular weight is 394 g/mol. The Morgan fingerprint density at radius 2 is 2.00 bits per heavy atom. The number of carboxylic acid groups (broad SMARTS) is 1. The molecule has 0 radical (unpaired) electrons. The maximum absolute atomic E-state index is 13.2. The highest BCUT2D eigenvalue weighted by molar-refractivity contribution is 5.74. The molecule has 0 bridgehead atoms. The summed E-state index contributed by atoms with van der Waals surface area (Å²) in [7, 11) is 2.17. The summed E-state index contributed by atoms with van der Waals surface area (Å²) in [5, 5.41) is 9.81. The summed E-state index contributed by atoms with van der Waals surface area (Å²) in [6.45, 7) is 7.35. The third-order valence-corrected chi connectivity index (χ3v) is 5.25. The van der Waals surface area contributed by atoms with Gasteiger partial charge in [0, 0.05) is 52.4 Å². The molecule has 0 spiro atoms. The number of carbonyl (C=O) groups excluding carboxylic acids is 1. The lowest BCUT2D eigenvalue weighted by Crippen LogP contribution is -2.50. The maximum atomic E-state index is 13.2. The van der Waals surface area contributed by atoms with Gasteiger partial charge in [-0.15, -0.1) is 0 Å². The van der Waals surface area contributed by atoms with Crippen molar-refractivity contribution in [3.63, 3.8) is 0 Å². The molecule has 2 aliphatic rings. The number of nitrogens with zero attached hydrogens (tertiary/aromatic N) is 3. The van der Waals surface area contributed by atoms with E-state index >= 15 is 0 Å². The molecule has 0 aliphatic carbocycles. The second kappa shape index (κ2) is 11.6. The average Bonchev–Trinajstić information content (AvgIpc) is 2.69. The van der Waals surface area contributed by atoms with E-state index in [4.69, 9.17) is 9.90 Å². The van der Waals surface area contributed by atoms with Gasteiger partial charge in [0.1, 0.15) is 5.82 Å². The summed E-state index contributed by atoms with van der Waals surface area (Å²) in [5.41, 5.74) is 0.791. The van der Waals surface area contributed by atoms with E-state index in [0.29, 0.717) is 12.5 Å². The molecule has 7 nitrogen and oxygen atoms in total. The molecule has 2 amide bonds. The van der Waals surface area contributed by atoms with Crippen LogP contribution in [0.2, 0.25) is 0 Å². The van der Waals surface area contributed by atoms with Gasteiger partial charge in [-0.25, -0.2) is 9.18 Å². The fourth-order valence-corrected chi connectivity index (χ4v) is 3.73. The van der Waals surface area contributed by atoms with E-state index < -0.39 is 0 Å². The van der Waals surface area contributed by atoms with E-state index in [-0.39, 0.29) is 18.3 Å². The van der Waals surface area contributed by atoms with E-state index in [1.165, 1.54) is 18.6 Å². The highest BCUT2D eigenvalue weighted by Gasteiger charge is 2.26. The van der Waals surface area contributed by atoms with Crippen molar-refractivity contribution in [3.05, 3.63) is 35.6 Å². The van der Waals surface area contributed by atoms with Crippen LogP contribution in [0.25, 0.3) is 0 Å². The molecule has 2 fully saturated rings. The molecule has 156 valence electrons. The van der Waals surface area contributed by atoms with Gasteiger partial charge in [0.25, 0.3) is 6.47 Å². The largest absolute Gasteiger partial charge is 0.483 e. The number of hydrogen-bond acceptors (Lipinski definition) is 4. The van der Waals surface area contributed by atoms with E-state index in [0.717, 1.165) is 57.8 Å². The number of carbonyl (C=O) groups is 2. The molecule has 1 aromatic rings. The number of likely N-dealkylation sites (N-methyl/N-ethyl adjacent to an activating group) is 1. The van der Waals surface area contributed by atoms with Gasteiger partial charge in [-0.05, 0) is 43.5 Å². The lowest BCUT2D eigenvalue weighted by atomic mass is 9.97. The number of benzene rings is 1. The van der Waals surface area contributed by atoms with E-state index in [9.17, 15) is 9.18 Å². The molecule has 2 aliphatic heterocycles. The highest BCUT2D eigenvalue weighted by Crippen LogP contribution is 2.18. The van der Waals surface area contributed by atoms with Crippen LogP contribution in [0.15, 0.2) is 24.3 Å².